The maximum absolute atomic E-state index is 13.6. The van der Waals surface area contributed by atoms with Gasteiger partial charge in [0.25, 0.3) is 5.91 Å². The number of nitrogens with zero attached hydrogens (tertiary/aromatic N) is 6. The lowest BCUT2D eigenvalue weighted by Crippen LogP contribution is -2.50. The molecular formula is C27H34N8O6. The maximum Gasteiger partial charge on any atom is 0.321 e. The van der Waals surface area contributed by atoms with Gasteiger partial charge in [0.15, 0.2) is 0 Å². The summed E-state index contributed by atoms with van der Waals surface area (Å²) in [5, 5.41) is 26.2. The first-order valence-corrected chi connectivity index (χ1v) is 13.1. The molecule has 0 radical (unpaired) electrons. The van der Waals surface area contributed by atoms with Crippen LogP contribution in [0.4, 0.5) is 16.2 Å². The summed E-state index contributed by atoms with van der Waals surface area (Å²) in [6.07, 6.45) is 0.837. The summed E-state index contributed by atoms with van der Waals surface area (Å²) in [4.78, 5) is 42.2. The molecule has 3 atom stereocenters. The molecule has 1 aromatic heterocycles. The molecule has 0 bridgehead atoms. The van der Waals surface area contributed by atoms with Crippen LogP contribution in [0, 0.1) is 5.92 Å². The van der Waals surface area contributed by atoms with E-state index in [1.165, 1.54) is 15.9 Å². The number of benzene rings is 2. The number of aromatic nitrogens is 4. The Hall–Kier alpha value is -4.72. The van der Waals surface area contributed by atoms with E-state index >= 15 is 0 Å². The van der Waals surface area contributed by atoms with Gasteiger partial charge in [-0.1, -0.05) is 6.92 Å². The van der Waals surface area contributed by atoms with Crippen molar-refractivity contribution in [1.82, 2.24) is 30.0 Å². The monoisotopic (exact) mass is 566 g/mol. The molecule has 218 valence electrons. The van der Waals surface area contributed by atoms with E-state index < -0.39 is 12.1 Å². The second-order valence-electron chi connectivity index (χ2n) is 9.93. The molecule has 0 spiro atoms. The molecule has 4 amide bonds. The standard InChI is InChI=1S/C27H34N8O6/c1-17-12-35(18(2)15-36)26(38)22-11-20(29-25(37)14-34-16-28-31-32-34)7-10-23(22)41-24(17)13-33(3)27(39)30-19-5-8-21(40-4)9-6-19/h5-11,16-18,24,36H,12-15H2,1-4H3,(H,29,37)(H,30,39)/t17-,18-,24-/m1/s1. The Labute approximate surface area is 237 Å². The van der Waals surface area contributed by atoms with Crippen molar-refractivity contribution in [3.8, 4) is 11.5 Å². The summed E-state index contributed by atoms with van der Waals surface area (Å²) in [7, 11) is 3.23. The van der Waals surface area contributed by atoms with Crippen molar-refractivity contribution in [2.24, 2.45) is 5.92 Å². The molecule has 0 aliphatic carbocycles. The summed E-state index contributed by atoms with van der Waals surface area (Å²) >= 11 is 0. The first-order valence-electron chi connectivity index (χ1n) is 13.1. The Bertz CT molecular complexity index is 1350. The van der Waals surface area contributed by atoms with Gasteiger partial charge in [-0.3, -0.25) is 9.59 Å². The molecule has 41 heavy (non-hydrogen) atoms. The van der Waals surface area contributed by atoms with Crippen molar-refractivity contribution >= 4 is 29.2 Å². The number of carbonyl (C=O) groups excluding carboxylic acids is 3. The van der Waals surface area contributed by atoms with Gasteiger partial charge in [0, 0.05) is 30.9 Å². The molecule has 3 aromatic rings. The number of fused-ring (bicyclic) bond motifs is 1. The summed E-state index contributed by atoms with van der Waals surface area (Å²) in [5.74, 6) is 0.0809. The van der Waals surface area contributed by atoms with Crippen LogP contribution in [0.15, 0.2) is 48.8 Å². The van der Waals surface area contributed by atoms with Crippen LogP contribution in [0.5, 0.6) is 11.5 Å². The van der Waals surface area contributed by atoms with Gasteiger partial charge >= 0.3 is 6.03 Å². The first kappa shape index (κ1) is 29.3. The van der Waals surface area contributed by atoms with E-state index in [9.17, 15) is 19.5 Å². The summed E-state index contributed by atoms with van der Waals surface area (Å²) < 4.78 is 12.8. The van der Waals surface area contributed by atoms with Gasteiger partial charge in [0.05, 0.1) is 31.9 Å². The quantitative estimate of drug-likeness (QED) is 0.350. The maximum atomic E-state index is 13.6. The number of hydrogen-bond acceptors (Lipinski definition) is 9. The number of ether oxygens (including phenoxy) is 2. The summed E-state index contributed by atoms with van der Waals surface area (Å²) in [6.45, 7) is 3.87. The van der Waals surface area contributed by atoms with Gasteiger partial charge < -0.3 is 35.0 Å². The topological polar surface area (TPSA) is 164 Å². The van der Waals surface area contributed by atoms with Gasteiger partial charge in [0.1, 0.15) is 30.5 Å². The smallest absolute Gasteiger partial charge is 0.321 e. The third kappa shape index (κ3) is 7.28. The van der Waals surface area contributed by atoms with Crippen LogP contribution in [-0.2, 0) is 11.3 Å². The minimum atomic E-state index is -0.484. The number of carbonyl (C=O) groups is 3. The van der Waals surface area contributed by atoms with Crippen LogP contribution in [0.2, 0.25) is 0 Å². The third-order valence-corrected chi connectivity index (χ3v) is 6.79. The number of hydrogen-bond donors (Lipinski definition) is 3. The van der Waals surface area contributed by atoms with Crippen LogP contribution in [-0.4, -0.2) is 99.0 Å². The highest BCUT2D eigenvalue weighted by Crippen LogP contribution is 2.31. The van der Waals surface area contributed by atoms with Gasteiger partial charge in [-0.05, 0) is 59.8 Å². The molecule has 3 N–H and O–H groups in total. The molecule has 2 aromatic carbocycles. The van der Waals surface area contributed by atoms with Crippen LogP contribution in [0.3, 0.4) is 0 Å². The molecular weight excluding hydrogens is 532 g/mol. The van der Waals surface area contributed by atoms with Crippen molar-refractivity contribution < 1.29 is 29.0 Å². The second kappa shape index (κ2) is 13.1. The Kier molecular flexibility index (Phi) is 9.34. The van der Waals surface area contributed by atoms with Gasteiger partial charge in [-0.2, -0.15) is 0 Å². The lowest BCUT2D eigenvalue weighted by atomic mass is 9.99. The molecule has 14 nitrogen and oxygen atoms in total. The average molecular weight is 567 g/mol. The predicted octanol–water partition coefficient (Wildman–Crippen LogP) is 1.70. The van der Waals surface area contributed by atoms with Gasteiger partial charge in [-0.15, -0.1) is 5.10 Å². The van der Waals surface area contributed by atoms with Crippen molar-refractivity contribution in [3.05, 3.63) is 54.4 Å². The number of likely N-dealkylation sites (N-methyl/N-ethyl adjacent to an activating group) is 1. The first-order chi connectivity index (χ1) is 19.7. The molecule has 2 heterocycles. The van der Waals surface area contributed by atoms with Gasteiger partial charge in [0.2, 0.25) is 5.91 Å². The van der Waals surface area contributed by atoms with E-state index in [4.69, 9.17) is 9.47 Å². The number of tetrazole rings is 1. The van der Waals surface area contributed by atoms with Crippen LogP contribution < -0.4 is 20.1 Å². The number of amides is 4. The molecule has 4 rings (SSSR count). The fourth-order valence-electron chi connectivity index (χ4n) is 4.36. The fraction of sp³-hybridized carbons (Fsp3) is 0.407. The van der Waals surface area contributed by atoms with E-state index in [0.717, 1.165) is 0 Å². The molecule has 1 aliphatic heterocycles. The average Bonchev–Trinajstić information content (AvgIpc) is 3.48. The van der Waals surface area contributed by atoms with E-state index in [0.29, 0.717) is 22.9 Å². The molecule has 1 aliphatic rings. The van der Waals surface area contributed by atoms with Crippen molar-refractivity contribution in [1.29, 1.82) is 0 Å². The Morgan fingerprint density at radius 3 is 2.59 bits per heavy atom. The molecule has 0 unspecified atom stereocenters. The molecule has 0 fully saturated rings. The van der Waals surface area contributed by atoms with Crippen molar-refractivity contribution in [3.63, 3.8) is 0 Å². The Morgan fingerprint density at radius 1 is 1.20 bits per heavy atom. The molecule has 0 saturated heterocycles. The zero-order chi connectivity index (χ0) is 29.5. The largest absolute Gasteiger partial charge is 0.497 e. The van der Waals surface area contributed by atoms with Crippen LogP contribution in [0.1, 0.15) is 24.2 Å². The highest BCUT2D eigenvalue weighted by molar-refractivity contribution is 6.00. The Balaban J connectivity index is 1.53. The summed E-state index contributed by atoms with van der Waals surface area (Å²) in [5.41, 5.74) is 1.23. The number of methoxy groups -OCH3 is 1. The highest BCUT2D eigenvalue weighted by atomic mass is 16.5. The van der Waals surface area contributed by atoms with Gasteiger partial charge in [-0.25, -0.2) is 9.48 Å². The third-order valence-electron chi connectivity index (χ3n) is 6.79. The van der Waals surface area contributed by atoms with E-state index in [1.54, 1.807) is 68.4 Å². The van der Waals surface area contributed by atoms with Crippen molar-refractivity contribution in [2.45, 2.75) is 32.5 Å². The Morgan fingerprint density at radius 2 is 1.93 bits per heavy atom. The van der Waals surface area contributed by atoms with Crippen LogP contribution >= 0.6 is 0 Å². The SMILES string of the molecule is COc1ccc(NC(=O)N(C)C[C@H]2Oc3ccc(NC(=O)Cn4cnnn4)cc3C(=O)N([C@H](C)CO)C[C@H]2C)cc1. The summed E-state index contributed by atoms with van der Waals surface area (Å²) in [6, 6.07) is 11.0. The van der Waals surface area contributed by atoms with Crippen LogP contribution in [0.25, 0.3) is 0 Å². The number of urea groups is 1. The number of aliphatic hydroxyl groups excluding tert-OH is 1. The predicted molar refractivity (Wildman–Crippen MR) is 149 cm³/mol. The fourth-order valence-corrected chi connectivity index (χ4v) is 4.36. The number of rotatable bonds is 9. The number of nitrogens with one attached hydrogen (secondary N) is 2. The molecule has 0 saturated carbocycles. The zero-order valence-electron chi connectivity index (χ0n) is 23.4. The lowest BCUT2D eigenvalue weighted by Gasteiger charge is -2.38. The highest BCUT2D eigenvalue weighted by Gasteiger charge is 2.34. The van der Waals surface area contributed by atoms with E-state index in [1.807, 2.05) is 6.92 Å². The number of aliphatic hydroxyl groups is 1. The van der Waals surface area contributed by atoms with E-state index in [-0.39, 0.29) is 55.6 Å². The minimum Gasteiger partial charge on any atom is -0.497 e. The zero-order valence-corrected chi connectivity index (χ0v) is 23.4. The normalized spacial score (nSPS) is 17.4. The second-order valence-corrected chi connectivity index (χ2v) is 9.93. The minimum absolute atomic E-state index is 0.104. The number of anilines is 2. The van der Waals surface area contributed by atoms with Crippen molar-refractivity contribution in [2.75, 3.05) is 44.5 Å². The lowest BCUT2D eigenvalue weighted by molar-refractivity contribution is -0.116. The van der Waals surface area contributed by atoms with E-state index in [2.05, 4.69) is 26.2 Å². The molecule has 14 heteroatoms.